The van der Waals surface area contributed by atoms with Gasteiger partial charge in [0.2, 0.25) is 15.9 Å². The Hall–Kier alpha value is -2.71. The number of carbonyl (C=O) groups is 2. The predicted octanol–water partition coefficient (Wildman–Crippen LogP) is 2.61. The van der Waals surface area contributed by atoms with Gasteiger partial charge in [0.1, 0.15) is 5.75 Å². The van der Waals surface area contributed by atoms with E-state index >= 15 is 0 Å². The monoisotopic (exact) mass is 418 g/mol. The van der Waals surface area contributed by atoms with Gasteiger partial charge in [-0.05, 0) is 43.2 Å². The zero-order chi connectivity index (χ0) is 21.4. The highest BCUT2D eigenvalue weighted by Crippen LogP contribution is 2.16. The highest BCUT2D eigenvalue weighted by Gasteiger charge is 2.20. The number of Topliss-reactive ketones (excluding diaryl/α,β-unsaturated/α-hetero) is 1. The molecule has 0 bridgehead atoms. The normalized spacial score (nSPS) is 11.3. The summed E-state index contributed by atoms with van der Waals surface area (Å²) in [6.45, 7) is 2.04. The molecule has 7 nitrogen and oxygen atoms in total. The minimum atomic E-state index is -3.66. The molecule has 0 aliphatic carbocycles. The first-order chi connectivity index (χ1) is 13.7. The van der Waals surface area contributed by atoms with Crippen LogP contribution in [0.3, 0.4) is 0 Å². The summed E-state index contributed by atoms with van der Waals surface area (Å²) in [6, 6.07) is 13.2. The van der Waals surface area contributed by atoms with Crippen molar-refractivity contribution in [1.29, 1.82) is 0 Å². The quantitative estimate of drug-likeness (QED) is 0.599. The van der Waals surface area contributed by atoms with Gasteiger partial charge < -0.3 is 10.1 Å². The number of methoxy groups -OCH3 is 1. The molecule has 0 aromatic heterocycles. The van der Waals surface area contributed by atoms with Crippen molar-refractivity contribution in [2.24, 2.45) is 0 Å². The van der Waals surface area contributed by atoms with Crippen LogP contribution in [-0.4, -0.2) is 45.1 Å². The topological polar surface area (TPSA) is 92.8 Å². The molecule has 0 unspecified atom stereocenters. The summed E-state index contributed by atoms with van der Waals surface area (Å²) in [6.07, 6.45) is 0.620. The summed E-state index contributed by atoms with van der Waals surface area (Å²) < 4.78 is 31.5. The van der Waals surface area contributed by atoms with Crippen LogP contribution in [0.4, 0.5) is 0 Å². The zero-order valence-corrected chi connectivity index (χ0v) is 17.7. The van der Waals surface area contributed by atoms with Gasteiger partial charge >= 0.3 is 0 Å². The molecule has 0 radical (unpaired) electrons. The Morgan fingerprint density at radius 2 is 1.66 bits per heavy atom. The summed E-state index contributed by atoms with van der Waals surface area (Å²) in [7, 11) is -0.595. The number of sulfonamides is 1. The van der Waals surface area contributed by atoms with E-state index < -0.39 is 10.0 Å². The molecule has 8 heteroatoms. The lowest BCUT2D eigenvalue weighted by Crippen LogP contribution is -2.29. The maximum Gasteiger partial charge on any atom is 0.242 e. The predicted molar refractivity (Wildman–Crippen MR) is 110 cm³/mol. The minimum Gasteiger partial charge on any atom is -0.497 e. The summed E-state index contributed by atoms with van der Waals surface area (Å²) in [5.74, 6) is 0.487. The maximum absolute atomic E-state index is 12.6. The second-order valence-electron chi connectivity index (χ2n) is 6.64. The van der Waals surface area contributed by atoms with Crippen molar-refractivity contribution in [3.63, 3.8) is 0 Å². The van der Waals surface area contributed by atoms with E-state index in [4.69, 9.17) is 4.74 Å². The van der Waals surface area contributed by atoms with Crippen molar-refractivity contribution in [2.75, 3.05) is 20.7 Å². The Kier molecular flexibility index (Phi) is 7.92. The molecule has 29 heavy (non-hydrogen) atoms. The van der Waals surface area contributed by atoms with Crippen LogP contribution in [-0.2, 0) is 21.4 Å². The van der Waals surface area contributed by atoms with E-state index in [1.807, 2.05) is 24.3 Å². The van der Waals surface area contributed by atoms with E-state index in [2.05, 4.69) is 5.32 Å². The molecule has 0 spiro atoms. The maximum atomic E-state index is 12.6. The fourth-order valence-corrected chi connectivity index (χ4v) is 3.87. The highest BCUT2D eigenvalue weighted by molar-refractivity contribution is 7.89. The van der Waals surface area contributed by atoms with E-state index in [1.54, 1.807) is 7.11 Å². The number of hydrogen-bond acceptors (Lipinski definition) is 5. The number of ketones is 1. The van der Waals surface area contributed by atoms with Crippen LogP contribution in [0, 0.1) is 0 Å². The molecule has 156 valence electrons. The summed E-state index contributed by atoms with van der Waals surface area (Å²) in [5.41, 5.74) is 1.41. The van der Waals surface area contributed by atoms with Crippen LogP contribution < -0.4 is 10.1 Å². The van der Waals surface area contributed by atoms with E-state index in [9.17, 15) is 18.0 Å². The van der Waals surface area contributed by atoms with Crippen molar-refractivity contribution in [3.05, 3.63) is 59.7 Å². The number of benzene rings is 2. The van der Waals surface area contributed by atoms with Crippen LogP contribution in [0.15, 0.2) is 53.4 Å². The average Bonchev–Trinajstić information content (AvgIpc) is 2.72. The fourth-order valence-electron chi connectivity index (χ4n) is 2.66. The molecule has 1 N–H and O–H groups in total. The molecule has 0 saturated heterocycles. The number of ether oxygens (including phenoxy) is 1. The molecule has 0 heterocycles. The lowest BCUT2D eigenvalue weighted by Gasteiger charge is -2.17. The summed E-state index contributed by atoms with van der Waals surface area (Å²) >= 11 is 0. The SMILES string of the molecule is COc1ccc(CNC(=O)CCCN(C)S(=O)(=O)c2ccc(C(C)=O)cc2)cc1. The van der Waals surface area contributed by atoms with Gasteiger partial charge in [-0.1, -0.05) is 24.3 Å². The van der Waals surface area contributed by atoms with Crippen molar-refractivity contribution in [2.45, 2.75) is 31.2 Å². The third kappa shape index (κ3) is 6.40. The molecule has 0 aliphatic heterocycles. The van der Waals surface area contributed by atoms with E-state index in [0.29, 0.717) is 18.5 Å². The first-order valence-electron chi connectivity index (χ1n) is 9.21. The lowest BCUT2D eigenvalue weighted by atomic mass is 10.2. The third-order valence-corrected chi connectivity index (χ3v) is 6.37. The van der Waals surface area contributed by atoms with E-state index in [-0.39, 0.29) is 29.6 Å². The number of hydrogen-bond donors (Lipinski definition) is 1. The van der Waals surface area contributed by atoms with Gasteiger partial charge in [0.15, 0.2) is 5.78 Å². The van der Waals surface area contributed by atoms with Crippen LogP contribution in [0.5, 0.6) is 5.75 Å². The van der Waals surface area contributed by atoms with Gasteiger partial charge in [0.05, 0.1) is 12.0 Å². The van der Waals surface area contributed by atoms with Crippen LogP contribution in [0.2, 0.25) is 0 Å². The van der Waals surface area contributed by atoms with Crippen LogP contribution in [0.1, 0.15) is 35.7 Å². The summed E-state index contributed by atoms with van der Waals surface area (Å²) in [5, 5.41) is 2.82. The van der Waals surface area contributed by atoms with Gasteiger partial charge in [-0.2, -0.15) is 0 Å². The second kappa shape index (κ2) is 10.2. The van der Waals surface area contributed by atoms with Gasteiger partial charge in [0, 0.05) is 32.1 Å². The van der Waals surface area contributed by atoms with Crippen molar-refractivity contribution in [3.8, 4) is 5.75 Å². The Bertz CT molecular complexity index is 938. The second-order valence-corrected chi connectivity index (χ2v) is 8.68. The first-order valence-corrected chi connectivity index (χ1v) is 10.6. The summed E-state index contributed by atoms with van der Waals surface area (Å²) in [4.78, 5) is 23.4. The Balaban J connectivity index is 1.80. The number of carbonyl (C=O) groups excluding carboxylic acids is 2. The third-order valence-electron chi connectivity index (χ3n) is 4.49. The van der Waals surface area contributed by atoms with E-state index in [0.717, 1.165) is 11.3 Å². The molecule has 1 amide bonds. The zero-order valence-electron chi connectivity index (χ0n) is 16.8. The molecule has 0 atom stereocenters. The smallest absolute Gasteiger partial charge is 0.242 e. The Morgan fingerprint density at radius 3 is 2.21 bits per heavy atom. The highest BCUT2D eigenvalue weighted by atomic mass is 32.2. The molecule has 2 rings (SSSR count). The first kappa shape index (κ1) is 22.6. The average molecular weight is 419 g/mol. The van der Waals surface area contributed by atoms with Crippen molar-refractivity contribution in [1.82, 2.24) is 9.62 Å². The molecular weight excluding hydrogens is 392 g/mol. The van der Waals surface area contributed by atoms with E-state index in [1.165, 1.54) is 42.5 Å². The van der Waals surface area contributed by atoms with Crippen LogP contribution in [0.25, 0.3) is 0 Å². The van der Waals surface area contributed by atoms with Crippen LogP contribution >= 0.6 is 0 Å². The van der Waals surface area contributed by atoms with Crippen molar-refractivity contribution >= 4 is 21.7 Å². The fraction of sp³-hybridized carbons (Fsp3) is 0.333. The minimum absolute atomic E-state index is 0.119. The molecule has 2 aromatic rings. The molecular formula is C21H26N2O5S. The molecule has 0 saturated carbocycles. The molecule has 2 aromatic carbocycles. The Morgan fingerprint density at radius 1 is 1.03 bits per heavy atom. The van der Waals surface area contributed by atoms with Gasteiger partial charge in [-0.15, -0.1) is 0 Å². The van der Waals surface area contributed by atoms with Gasteiger partial charge in [-0.25, -0.2) is 12.7 Å². The number of rotatable bonds is 10. The standard InChI is InChI=1S/C21H26N2O5S/c1-16(24)18-8-12-20(13-9-18)29(26,27)23(2)14-4-5-21(25)22-15-17-6-10-19(28-3)11-7-17/h6-13H,4-5,14-15H2,1-3H3,(H,22,25). The molecule has 0 fully saturated rings. The number of amides is 1. The number of nitrogens with zero attached hydrogens (tertiary/aromatic N) is 1. The lowest BCUT2D eigenvalue weighted by molar-refractivity contribution is -0.121. The van der Waals surface area contributed by atoms with Gasteiger partial charge in [0.25, 0.3) is 0 Å². The van der Waals surface area contributed by atoms with Gasteiger partial charge in [-0.3, -0.25) is 9.59 Å². The van der Waals surface area contributed by atoms with Crippen molar-refractivity contribution < 1.29 is 22.7 Å². The Labute approximate surface area is 171 Å². The molecule has 0 aliphatic rings. The largest absolute Gasteiger partial charge is 0.497 e. The number of nitrogens with one attached hydrogen (secondary N) is 1.